The lowest BCUT2D eigenvalue weighted by atomic mass is 9.95. The smallest absolute Gasteiger partial charge is 0.160 e. The number of aryl methyl sites for hydroxylation is 2. The summed E-state index contributed by atoms with van der Waals surface area (Å²) in [6.45, 7) is 4.49. The molecule has 0 saturated carbocycles. The Hall–Kier alpha value is -10.1. The lowest BCUT2D eigenvalue weighted by molar-refractivity contribution is 1.14. The van der Waals surface area contributed by atoms with Crippen molar-refractivity contribution < 1.29 is 0 Å². The first-order valence-corrected chi connectivity index (χ1v) is 26.2. The maximum Gasteiger partial charge on any atom is 0.160 e. The van der Waals surface area contributed by atoms with E-state index in [0.29, 0.717) is 5.82 Å². The minimum atomic E-state index is 0.711. The van der Waals surface area contributed by atoms with Crippen LogP contribution in [0.25, 0.3) is 83.6 Å². The molecule has 13 rings (SSSR count). The van der Waals surface area contributed by atoms with Crippen LogP contribution in [0, 0.1) is 13.8 Å². The van der Waals surface area contributed by atoms with Crippen molar-refractivity contribution in [2.75, 3.05) is 9.80 Å². The van der Waals surface area contributed by atoms with Crippen molar-refractivity contribution >= 4 is 55.9 Å². The predicted molar refractivity (Wildman–Crippen MR) is 322 cm³/mol. The van der Waals surface area contributed by atoms with E-state index in [1.807, 2.05) is 36.4 Å². The zero-order valence-electron chi connectivity index (χ0n) is 42.9. The Labute approximate surface area is 449 Å². The number of hydrogen-bond donors (Lipinski definition) is 0. The van der Waals surface area contributed by atoms with Crippen LogP contribution in [0.4, 0.5) is 34.1 Å². The number of nitrogens with zero attached hydrogens (tertiary/aromatic N) is 5. The Balaban J connectivity index is 0.872. The van der Waals surface area contributed by atoms with Crippen LogP contribution in [-0.2, 0) is 0 Å². The molecule has 11 aromatic carbocycles. The first kappa shape index (κ1) is 46.7. The van der Waals surface area contributed by atoms with Crippen LogP contribution < -0.4 is 9.80 Å². The summed E-state index contributed by atoms with van der Waals surface area (Å²) in [5.74, 6) is 0.711. The second-order valence-electron chi connectivity index (χ2n) is 19.6. The molecular weight excluding hydrogens is 935 g/mol. The van der Waals surface area contributed by atoms with E-state index in [1.165, 1.54) is 33.0 Å². The molecule has 13 aromatic rings. The Morgan fingerprint density at radius 3 is 1.08 bits per heavy atom. The van der Waals surface area contributed by atoms with Gasteiger partial charge in [0.1, 0.15) is 0 Å². The van der Waals surface area contributed by atoms with Gasteiger partial charge in [0, 0.05) is 67.3 Å². The van der Waals surface area contributed by atoms with Crippen LogP contribution in [0.1, 0.15) is 11.1 Å². The summed E-state index contributed by atoms with van der Waals surface area (Å²) in [6.07, 6.45) is 0. The highest BCUT2D eigenvalue weighted by molar-refractivity contribution is 6.12. The Bertz CT molecular complexity index is 3900. The third-order valence-electron chi connectivity index (χ3n) is 14.6. The fraction of sp³-hybridized carbons (Fsp3) is 0.0278. The highest BCUT2D eigenvalue weighted by Gasteiger charge is 2.22. The van der Waals surface area contributed by atoms with Crippen molar-refractivity contribution in [3.05, 3.63) is 296 Å². The van der Waals surface area contributed by atoms with Gasteiger partial charge in [0.2, 0.25) is 0 Å². The second kappa shape index (κ2) is 20.3. The molecule has 2 heterocycles. The number of anilines is 6. The van der Waals surface area contributed by atoms with Gasteiger partial charge in [0.25, 0.3) is 0 Å². The van der Waals surface area contributed by atoms with Gasteiger partial charge in [-0.3, -0.25) is 0 Å². The zero-order chi connectivity index (χ0) is 51.7. The average molecular weight is 988 g/mol. The summed E-state index contributed by atoms with van der Waals surface area (Å²) in [7, 11) is 0. The highest BCUT2D eigenvalue weighted by Crippen LogP contribution is 2.44. The molecule has 366 valence electrons. The van der Waals surface area contributed by atoms with Gasteiger partial charge in [-0.1, -0.05) is 182 Å². The number of aromatic nitrogens is 3. The molecule has 5 nitrogen and oxygen atoms in total. The Morgan fingerprint density at radius 2 is 0.649 bits per heavy atom. The van der Waals surface area contributed by atoms with Gasteiger partial charge >= 0.3 is 0 Å². The van der Waals surface area contributed by atoms with E-state index < -0.39 is 0 Å². The first-order chi connectivity index (χ1) is 38.0. The summed E-state index contributed by atoms with van der Waals surface area (Å²) >= 11 is 0. The molecule has 0 atom stereocenters. The van der Waals surface area contributed by atoms with Gasteiger partial charge in [-0.15, -0.1) is 0 Å². The number of rotatable bonds is 12. The van der Waals surface area contributed by atoms with E-state index in [4.69, 9.17) is 9.97 Å². The molecule has 0 amide bonds. The van der Waals surface area contributed by atoms with Gasteiger partial charge < -0.3 is 14.4 Å². The van der Waals surface area contributed by atoms with Crippen molar-refractivity contribution in [2.45, 2.75) is 13.8 Å². The van der Waals surface area contributed by atoms with Crippen LogP contribution in [0.5, 0.6) is 0 Å². The van der Waals surface area contributed by atoms with Crippen LogP contribution in [-0.4, -0.2) is 14.5 Å². The molecule has 0 aliphatic rings. The van der Waals surface area contributed by atoms with Crippen LogP contribution >= 0.6 is 0 Å². The summed E-state index contributed by atoms with van der Waals surface area (Å²) in [5.41, 5.74) is 22.0. The quantitative estimate of drug-likeness (QED) is 0.122. The van der Waals surface area contributed by atoms with Gasteiger partial charge in [-0.05, 0) is 150 Å². The lowest BCUT2D eigenvalue weighted by Gasteiger charge is -2.26. The van der Waals surface area contributed by atoms with E-state index >= 15 is 0 Å². The fourth-order valence-electron chi connectivity index (χ4n) is 10.8. The topological polar surface area (TPSA) is 37.2 Å². The average Bonchev–Trinajstić information content (AvgIpc) is 3.86. The lowest BCUT2D eigenvalue weighted by Crippen LogP contribution is -2.09. The number of para-hydroxylation sites is 4. The third-order valence-corrected chi connectivity index (χ3v) is 14.6. The summed E-state index contributed by atoms with van der Waals surface area (Å²) in [5, 5.41) is 2.35. The molecule has 0 N–H and O–H groups in total. The number of benzene rings is 11. The standard InChI is InChI=1S/C72H53N5/c1-50-46-71(51(2)45-64(50)54-37-33-52(34-38-54)53-35-39-56(40-36-53)68-49-67(55-21-9-3-10-22-55)73-72(74-68)57-23-11-4-12-24-57)77-69-43-41-62(75(58-25-13-5-14-26-58)59-27-15-6-16-28-59)47-65(69)66-48-63(42-44-70(66)77)76(60-29-17-7-18-30-60)61-31-19-8-20-32-61/h3-49H,1-2H3. The van der Waals surface area contributed by atoms with E-state index in [-0.39, 0.29) is 0 Å². The van der Waals surface area contributed by atoms with Crippen molar-refractivity contribution in [1.82, 2.24) is 14.5 Å². The molecule has 77 heavy (non-hydrogen) atoms. The number of hydrogen-bond acceptors (Lipinski definition) is 4. The maximum absolute atomic E-state index is 5.06. The molecule has 0 aliphatic heterocycles. The highest BCUT2D eigenvalue weighted by atomic mass is 15.1. The Kier molecular flexibility index (Phi) is 12.3. The van der Waals surface area contributed by atoms with Crippen LogP contribution in [0.3, 0.4) is 0 Å². The third kappa shape index (κ3) is 9.11. The summed E-state index contributed by atoms with van der Waals surface area (Å²) in [6, 6.07) is 102. The zero-order valence-corrected chi connectivity index (χ0v) is 42.9. The van der Waals surface area contributed by atoms with Crippen molar-refractivity contribution in [1.29, 1.82) is 0 Å². The minimum absolute atomic E-state index is 0.711. The van der Waals surface area contributed by atoms with Crippen molar-refractivity contribution in [3.8, 4) is 61.8 Å². The van der Waals surface area contributed by atoms with Crippen molar-refractivity contribution in [3.63, 3.8) is 0 Å². The predicted octanol–water partition coefficient (Wildman–Crippen LogP) is 19.5. The molecule has 2 aromatic heterocycles. The first-order valence-electron chi connectivity index (χ1n) is 26.2. The van der Waals surface area contributed by atoms with Gasteiger partial charge in [0.05, 0.1) is 22.4 Å². The van der Waals surface area contributed by atoms with Crippen molar-refractivity contribution in [2.24, 2.45) is 0 Å². The fourth-order valence-corrected chi connectivity index (χ4v) is 10.8. The maximum atomic E-state index is 5.06. The molecule has 0 aliphatic carbocycles. The van der Waals surface area contributed by atoms with Gasteiger partial charge in [0.15, 0.2) is 5.82 Å². The molecule has 0 bridgehead atoms. The molecule has 0 radical (unpaired) electrons. The summed E-state index contributed by atoms with van der Waals surface area (Å²) in [4.78, 5) is 14.7. The molecule has 0 spiro atoms. The monoisotopic (exact) mass is 987 g/mol. The largest absolute Gasteiger partial charge is 0.310 e. The molecular formula is C72H53N5. The molecule has 5 heteroatoms. The molecule has 0 unspecified atom stereocenters. The molecule has 0 fully saturated rings. The summed E-state index contributed by atoms with van der Waals surface area (Å²) < 4.78 is 2.47. The Morgan fingerprint density at radius 1 is 0.286 bits per heavy atom. The number of fused-ring (bicyclic) bond motifs is 3. The normalized spacial score (nSPS) is 11.2. The van der Waals surface area contributed by atoms with Gasteiger partial charge in [-0.25, -0.2) is 9.97 Å². The molecule has 0 saturated heterocycles. The van der Waals surface area contributed by atoms with Crippen LogP contribution in [0.15, 0.2) is 285 Å². The second-order valence-corrected chi connectivity index (χ2v) is 19.6. The van der Waals surface area contributed by atoms with Crippen LogP contribution in [0.2, 0.25) is 0 Å². The van der Waals surface area contributed by atoms with E-state index in [1.54, 1.807) is 0 Å². The van der Waals surface area contributed by atoms with E-state index in [0.717, 1.165) is 90.1 Å². The van der Waals surface area contributed by atoms with E-state index in [9.17, 15) is 0 Å². The van der Waals surface area contributed by atoms with E-state index in [2.05, 4.69) is 277 Å². The SMILES string of the molecule is Cc1cc(-n2c3ccc(N(c4ccccc4)c4ccccc4)cc3c3cc(N(c4ccccc4)c4ccccc4)ccc32)c(C)cc1-c1ccc(-c2ccc(-c3cc(-c4ccccc4)nc(-c4ccccc4)n3)cc2)cc1. The minimum Gasteiger partial charge on any atom is -0.310 e. The van der Waals surface area contributed by atoms with Gasteiger partial charge in [-0.2, -0.15) is 0 Å².